The Morgan fingerprint density at radius 2 is 1.89 bits per heavy atom. The number of hydrogen-bond donors (Lipinski definition) is 0. The first-order valence-electron chi connectivity index (χ1n) is 6.43. The van der Waals surface area contributed by atoms with Gasteiger partial charge in [0.2, 0.25) is 5.69 Å². The minimum atomic E-state index is -0.935. The summed E-state index contributed by atoms with van der Waals surface area (Å²) in [6.07, 6.45) is 2.18. The van der Waals surface area contributed by atoms with E-state index in [-0.39, 0.29) is 0 Å². The highest BCUT2D eigenvalue weighted by atomic mass is 31.3. The van der Waals surface area contributed by atoms with Gasteiger partial charge in [-0.3, -0.25) is 0 Å². The van der Waals surface area contributed by atoms with Crippen LogP contribution in [-0.2, 0) is 0 Å². The van der Waals surface area contributed by atoms with Crippen LogP contribution in [0.25, 0.3) is 0 Å². The molecule has 2 nitrogen and oxygen atoms in total. The summed E-state index contributed by atoms with van der Waals surface area (Å²) in [6, 6.07) is 16.8. The Morgan fingerprint density at radius 3 is 2.63 bits per heavy atom. The Balaban J connectivity index is 2.05. The molecule has 1 aliphatic heterocycles. The van der Waals surface area contributed by atoms with E-state index < -0.39 is 8.46 Å². The van der Waals surface area contributed by atoms with Crippen molar-refractivity contribution in [3.63, 3.8) is 0 Å². The summed E-state index contributed by atoms with van der Waals surface area (Å²) < 4.78 is 8.14. The summed E-state index contributed by atoms with van der Waals surface area (Å²) >= 11 is 0. The van der Waals surface area contributed by atoms with Crippen LogP contribution in [0.3, 0.4) is 0 Å². The van der Waals surface area contributed by atoms with E-state index >= 15 is 0 Å². The lowest BCUT2D eigenvalue weighted by atomic mass is 10.2. The highest BCUT2D eigenvalue weighted by Gasteiger charge is 2.22. The number of rotatable bonds is 2. The first-order valence-corrected chi connectivity index (χ1v) is 10.8. The molecule has 0 saturated carbocycles. The average Bonchev–Trinajstić information content (AvgIpc) is 2.47. The molecule has 1 aliphatic rings. The van der Waals surface area contributed by atoms with Crippen LogP contribution in [0.5, 0.6) is 5.75 Å². The summed E-state index contributed by atoms with van der Waals surface area (Å²) in [6.45, 7) is 2.88. The molecule has 3 rings (SSSR count). The fraction of sp³-hybridized carbons (Fsp3) is 0.133. The van der Waals surface area contributed by atoms with E-state index in [9.17, 15) is 0 Å². The second-order valence-corrected chi connectivity index (χ2v) is 9.96. The van der Waals surface area contributed by atoms with Crippen molar-refractivity contribution in [2.45, 2.75) is 6.55 Å². The van der Waals surface area contributed by atoms with Crippen molar-refractivity contribution in [2.24, 2.45) is 0 Å². The maximum Gasteiger partial charge on any atom is 0.292 e. The molecule has 19 heavy (non-hydrogen) atoms. The average molecular weight is 286 g/mol. The molecule has 2 aromatic rings. The van der Waals surface area contributed by atoms with E-state index in [2.05, 4.69) is 56.5 Å². The van der Waals surface area contributed by atoms with Crippen molar-refractivity contribution in [3.8, 4) is 5.75 Å². The molecular weight excluding hydrogens is 269 g/mol. The predicted molar refractivity (Wildman–Crippen MR) is 85.8 cm³/mol. The number of ether oxygens (including phenoxy) is 1. The first kappa shape index (κ1) is 12.6. The highest BCUT2D eigenvalue weighted by Crippen LogP contribution is 2.22. The van der Waals surface area contributed by atoms with Crippen LogP contribution in [0.1, 0.15) is 5.56 Å². The Hall–Kier alpha value is -1.44. The van der Waals surface area contributed by atoms with Crippen molar-refractivity contribution in [3.05, 3.63) is 54.1 Å². The van der Waals surface area contributed by atoms with Gasteiger partial charge in [-0.2, -0.15) is 4.58 Å². The van der Waals surface area contributed by atoms with Gasteiger partial charge in [-0.1, -0.05) is 36.9 Å². The van der Waals surface area contributed by atoms with Crippen molar-refractivity contribution >= 4 is 34.3 Å². The van der Waals surface area contributed by atoms with Crippen molar-refractivity contribution < 1.29 is 9.31 Å². The zero-order valence-corrected chi connectivity index (χ0v) is 13.2. The van der Waals surface area contributed by atoms with Crippen LogP contribution in [-0.4, -0.2) is 26.0 Å². The Kier molecular flexibility index (Phi) is 3.49. The number of hydrogen-bond acceptors (Lipinski definition) is 1. The van der Waals surface area contributed by atoms with Gasteiger partial charge in [0.15, 0.2) is 6.21 Å². The van der Waals surface area contributed by atoms with Crippen molar-refractivity contribution in [2.75, 3.05) is 6.73 Å². The third-order valence-corrected chi connectivity index (χ3v) is 5.81. The molecule has 0 saturated heterocycles. The lowest BCUT2D eigenvalue weighted by molar-refractivity contribution is -0.476. The second-order valence-electron chi connectivity index (χ2n) is 4.76. The molecule has 96 valence electrons. The molecule has 0 bridgehead atoms. The zero-order valence-electron chi connectivity index (χ0n) is 10.9. The largest absolute Gasteiger partial charge is 0.435 e. The van der Waals surface area contributed by atoms with Crippen molar-refractivity contribution in [1.29, 1.82) is 0 Å². The normalized spacial score (nSPS) is 15.2. The topological polar surface area (TPSA) is 12.2 Å². The molecule has 0 amide bonds. The number of para-hydroxylation sites is 2. The van der Waals surface area contributed by atoms with Crippen LogP contribution >= 0.6 is 8.79 Å². The molecule has 0 spiro atoms. The lowest BCUT2D eigenvalue weighted by Crippen LogP contribution is -2.29. The lowest BCUT2D eigenvalue weighted by Gasteiger charge is -2.18. The van der Waals surface area contributed by atoms with Gasteiger partial charge in [-0.15, -0.1) is 8.79 Å². The van der Waals surface area contributed by atoms with E-state index in [4.69, 9.17) is 4.74 Å². The molecule has 2 aromatic carbocycles. The van der Waals surface area contributed by atoms with E-state index in [0.29, 0.717) is 6.73 Å². The van der Waals surface area contributed by atoms with Gasteiger partial charge in [0.05, 0.1) is 14.0 Å². The summed E-state index contributed by atoms with van der Waals surface area (Å²) in [5, 5.41) is 1.38. The van der Waals surface area contributed by atoms with E-state index in [1.54, 1.807) is 0 Å². The monoisotopic (exact) mass is 286 g/mol. The van der Waals surface area contributed by atoms with Crippen LogP contribution < -0.4 is 9.92 Å². The molecule has 0 N–H and O–H groups in total. The summed E-state index contributed by atoms with van der Waals surface area (Å²) in [5.41, 5.74) is 2.34. The first-order chi connectivity index (χ1) is 9.25. The number of benzene rings is 2. The Labute approximate surface area is 117 Å². The van der Waals surface area contributed by atoms with Gasteiger partial charge in [0.25, 0.3) is 6.73 Å². The molecule has 0 radical (unpaired) electrons. The second kappa shape index (κ2) is 5.28. The summed E-state index contributed by atoms with van der Waals surface area (Å²) in [7, 11) is 2.03. The minimum absolute atomic E-state index is 0.583. The fourth-order valence-electron chi connectivity index (χ4n) is 2.31. The minimum Gasteiger partial charge on any atom is -0.435 e. The third kappa shape index (κ3) is 2.49. The Morgan fingerprint density at radius 1 is 1.11 bits per heavy atom. The highest BCUT2D eigenvalue weighted by molar-refractivity contribution is 7.65. The molecule has 2 unspecified atom stereocenters. The smallest absolute Gasteiger partial charge is 0.292 e. The van der Waals surface area contributed by atoms with E-state index in [0.717, 1.165) is 11.4 Å². The quantitative estimate of drug-likeness (QED) is 0.468. The fourth-order valence-corrected chi connectivity index (χ4v) is 4.17. The van der Waals surface area contributed by atoms with Gasteiger partial charge in [0, 0.05) is 12.1 Å². The van der Waals surface area contributed by atoms with E-state index in [1.807, 2.05) is 18.2 Å². The standard InChI is InChI=1S/C15H17NOPSi/c1-19(18)14-9-5-6-12-10-16(11-17-15(12)14)13-7-3-2-4-8-13/h2-10,19H,11,18H2,1H3/q+1. The molecule has 1 heterocycles. The molecular formula is C15H17NOPSi+. The maximum absolute atomic E-state index is 6.00. The molecule has 0 aromatic heterocycles. The maximum atomic E-state index is 6.00. The molecule has 0 aliphatic carbocycles. The molecule has 2 atom stereocenters. The summed E-state index contributed by atoms with van der Waals surface area (Å²) in [4.78, 5) is 0. The molecule has 4 heteroatoms. The van der Waals surface area contributed by atoms with E-state index in [1.165, 1.54) is 10.8 Å². The van der Waals surface area contributed by atoms with Crippen LogP contribution in [0.4, 0.5) is 5.69 Å². The number of nitrogens with zero attached hydrogens (tertiary/aromatic N) is 1. The SMILES string of the molecule is C[SiH](P)c1cccc2c1OC[N+](c1ccccc1)=C2. The summed E-state index contributed by atoms with van der Waals surface area (Å²) in [5.74, 6) is 1.07. The van der Waals surface area contributed by atoms with Gasteiger partial charge in [-0.05, 0) is 11.3 Å². The predicted octanol–water partition coefficient (Wildman–Crippen LogP) is 2.24. The third-order valence-electron chi connectivity index (χ3n) is 3.30. The van der Waals surface area contributed by atoms with Crippen LogP contribution in [0, 0.1) is 0 Å². The van der Waals surface area contributed by atoms with Crippen molar-refractivity contribution in [1.82, 2.24) is 0 Å². The van der Waals surface area contributed by atoms with Crippen LogP contribution in [0.2, 0.25) is 6.55 Å². The number of fused-ring (bicyclic) bond motifs is 1. The Bertz CT molecular complexity index is 625. The van der Waals surface area contributed by atoms with Gasteiger partial charge >= 0.3 is 0 Å². The van der Waals surface area contributed by atoms with Crippen LogP contribution in [0.15, 0.2) is 48.5 Å². The van der Waals surface area contributed by atoms with Gasteiger partial charge in [0.1, 0.15) is 5.75 Å². The van der Waals surface area contributed by atoms with Gasteiger partial charge in [-0.25, -0.2) is 0 Å². The van der Waals surface area contributed by atoms with Gasteiger partial charge < -0.3 is 4.74 Å². The molecule has 0 fully saturated rings. The zero-order chi connectivity index (χ0) is 13.2.